The Morgan fingerprint density at radius 3 is 2.67 bits per heavy atom. The number of hydrogen-bond acceptors (Lipinski definition) is 5. The molecule has 0 atom stereocenters. The molecular formula is C13H21NO5S2. The van der Waals surface area contributed by atoms with Gasteiger partial charge in [0.25, 0.3) is 0 Å². The van der Waals surface area contributed by atoms with Crippen molar-refractivity contribution in [1.82, 2.24) is 4.72 Å². The van der Waals surface area contributed by atoms with Crippen molar-refractivity contribution in [2.75, 3.05) is 19.8 Å². The highest BCUT2D eigenvalue weighted by molar-refractivity contribution is 7.89. The molecule has 1 aromatic rings. The highest BCUT2D eigenvalue weighted by Crippen LogP contribution is 2.26. The lowest BCUT2D eigenvalue weighted by molar-refractivity contribution is 0.0698. The zero-order valence-electron chi connectivity index (χ0n) is 12.2. The molecule has 0 aliphatic rings. The van der Waals surface area contributed by atoms with Crippen molar-refractivity contribution in [2.24, 2.45) is 0 Å². The van der Waals surface area contributed by atoms with Gasteiger partial charge in [0, 0.05) is 19.8 Å². The van der Waals surface area contributed by atoms with Gasteiger partial charge in [0.1, 0.15) is 9.77 Å². The maximum absolute atomic E-state index is 12.2. The number of carboxylic acids is 1. The summed E-state index contributed by atoms with van der Waals surface area (Å²) in [6.07, 6.45) is 2.60. The molecule has 0 saturated carbocycles. The average molecular weight is 335 g/mol. The van der Waals surface area contributed by atoms with Gasteiger partial charge in [-0.1, -0.05) is 13.3 Å². The number of rotatable bonds is 10. The molecule has 6 nitrogen and oxygen atoms in total. The Morgan fingerprint density at radius 1 is 1.38 bits per heavy atom. The van der Waals surface area contributed by atoms with Crippen molar-refractivity contribution in [3.05, 3.63) is 15.8 Å². The number of aromatic carboxylic acids is 1. The molecule has 0 aromatic carbocycles. The van der Waals surface area contributed by atoms with Crippen LogP contribution in [0, 0.1) is 6.92 Å². The van der Waals surface area contributed by atoms with Crippen molar-refractivity contribution >= 4 is 27.3 Å². The number of ether oxygens (including phenoxy) is 1. The van der Waals surface area contributed by atoms with Gasteiger partial charge in [0.2, 0.25) is 10.0 Å². The smallest absolute Gasteiger partial charge is 0.347 e. The molecule has 0 aliphatic carbocycles. The van der Waals surface area contributed by atoms with E-state index in [9.17, 15) is 13.2 Å². The SMILES string of the molecule is CCCCOCCCNS(=O)(=O)c1c(C)csc1C(=O)O. The Morgan fingerprint density at radius 2 is 2.05 bits per heavy atom. The molecule has 0 unspecified atom stereocenters. The van der Waals surface area contributed by atoms with Crippen LogP contribution in [0.2, 0.25) is 0 Å². The average Bonchev–Trinajstić information content (AvgIpc) is 2.80. The standard InChI is InChI=1S/C13H21NO5S2/c1-3-4-7-19-8-5-6-14-21(17,18)12-10(2)9-20-11(12)13(15)16/h9,14H,3-8H2,1-2H3,(H,15,16). The summed E-state index contributed by atoms with van der Waals surface area (Å²) < 4.78 is 32.1. The van der Waals surface area contributed by atoms with Crippen molar-refractivity contribution in [2.45, 2.75) is 38.0 Å². The number of aryl methyl sites for hydroxylation is 1. The van der Waals surface area contributed by atoms with E-state index in [1.165, 1.54) is 5.38 Å². The van der Waals surface area contributed by atoms with Gasteiger partial charge < -0.3 is 9.84 Å². The second-order valence-corrected chi connectivity index (χ2v) is 7.18. The number of sulfonamides is 1. The first kappa shape index (κ1) is 18.1. The molecule has 0 amide bonds. The predicted molar refractivity (Wildman–Crippen MR) is 81.5 cm³/mol. The van der Waals surface area contributed by atoms with Gasteiger partial charge >= 0.3 is 5.97 Å². The van der Waals surface area contributed by atoms with Crippen LogP contribution in [0.25, 0.3) is 0 Å². The molecule has 1 aromatic heterocycles. The minimum Gasteiger partial charge on any atom is -0.477 e. The third kappa shape index (κ3) is 5.39. The molecule has 21 heavy (non-hydrogen) atoms. The van der Waals surface area contributed by atoms with Crippen molar-refractivity contribution in [3.63, 3.8) is 0 Å². The second-order valence-electron chi connectivity index (χ2n) is 4.60. The van der Waals surface area contributed by atoms with Crippen LogP contribution >= 0.6 is 11.3 Å². The fraction of sp³-hybridized carbons (Fsp3) is 0.615. The van der Waals surface area contributed by atoms with Crippen molar-refractivity contribution in [1.29, 1.82) is 0 Å². The Hall–Kier alpha value is -0.960. The molecule has 1 rings (SSSR count). The van der Waals surface area contributed by atoms with Crippen LogP contribution < -0.4 is 4.72 Å². The van der Waals surface area contributed by atoms with Crippen LogP contribution in [0.5, 0.6) is 0 Å². The molecular weight excluding hydrogens is 314 g/mol. The molecule has 0 bridgehead atoms. The van der Waals surface area contributed by atoms with E-state index in [4.69, 9.17) is 9.84 Å². The zero-order chi connectivity index (χ0) is 15.9. The number of thiophene rings is 1. The van der Waals surface area contributed by atoms with Crippen LogP contribution in [0.1, 0.15) is 41.4 Å². The molecule has 0 aliphatic heterocycles. The molecule has 0 saturated heterocycles. The molecule has 0 fully saturated rings. The van der Waals surface area contributed by atoms with Crippen molar-refractivity contribution < 1.29 is 23.1 Å². The second kappa shape index (κ2) is 8.47. The van der Waals surface area contributed by atoms with Gasteiger partial charge in [-0.3, -0.25) is 0 Å². The van der Waals surface area contributed by atoms with Crippen LogP contribution in [0.15, 0.2) is 10.3 Å². The molecule has 1 heterocycles. The number of carbonyl (C=O) groups is 1. The van der Waals surface area contributed by atoms with Gasteiger partial charge in [0.05, 0.1) is 0 Å². The summed E-state index contributed by atoms with van der Waals surface area (Å²) in [4.78, 5) is 10.8. The number of unbranched alkanes of at least 4 members (excludes halogenated alkanes) is 1. The maximum Gasteiger partial charge on any atom is 0.347 e. The van der Waals surface area contributed by atoms with Crippen LogP contribution in [-0.2, 0) is 14.8 Å². The van der Waals surface area contributed by atoms with Gasteiger partial charge in [-0.25, -0.2) is 17.9 Å². The quantitative estimate of drug-likeness (QED) is 0.640. The molecule has 2 N–H and O–H groups in total. The zero-order valence-corrected chi connectivity index (χ0v) is 13.8. The monoisotopic (exact) mass is 335 g/mol. The highest BCUT2D eigenvalue weighted by Gasteiger charge is 2.26. The first-order valence-corrected chi connectivity index (χ1v) is 9.15. The Kier molecular flexibility index (Phi) is 7.30. The summed E-state index contributed by atoms with van der Waals surface area (Å²) in [7, 11) is -3.80. The lowest BCUT2D eigenvalue weighted by Crippen LogP contribution is -2.27. The Balaban J connectivity index is 2.55. The Bertz CT molecular complexity index is 565. The van der Waals surface area contributed by atoms with E-state index in [-0.39, 0.29) is 16.3 Å². The predicted octanol–water partition coefficient (Wildman–Crippen LogP) is 2.24. The lowest BCUT2D eigenvalue weighted by atomic mass is 10.3. The summed E-state index contributed by atoms with van der Waals surface area (Å²) in [5, 5.41) is 10.6. The van der Waals surface area contributed by atoms with E-state index in [1.807, 2.05) is 0 Å². The number of carboxylic acid groups (broad SMARTS) is 1. The third-order valence-electron chi connectivity index (χ3n) is 2.78. The van der Waals surface area contributed by atoms with Crippen LogP contribution in [0.4, 0.5) is 0 Å². The molecule has 8 heteroatoms. The number of nitrogens with one attached hydrogen (secondary N) is 1. The van der Waals surface area contributed by atoms with E-state index in [1.54, 1.807) is 6.92 Å². The van der Waals surface area contributed by atoms with Gasteiger partial charge in [-0.05, 0) is 30.7 Å². The van der Waals surface area contributed by atoms with E-state index in [0.29, 0.717) is 25.2 Å². The molecule has 120 valence electrons. The summed E-state index contributed by atoms with van der Waals surface area (Å²) in [6, 6.07) is 0. The van der Waals surface area contributed by atoms with E-state index >= 15 is 0 Å². The first-order chi connectivity index (χ1) is 9.90. The maximum atomic E-state index is 12.2. The van der Waals surface area contributed by atoms with Crippen LogP contribution in [0.3, 0.4) is 0 Å². The summed E-state index contributed by atoms with van der Waals surface area (Å²) in [5.74, 6) is -1.23. The summed E-state index contributed by atoms with van der Waals surface area (Å²) in [6.45, 7) is 5.04. The van der Waals surface area contributed by atoms with E-state index in [0.717, 1.165) is 24.2 Å². The fourth-order valence-corrected chi connectivity index (χ4v) is 4.42. The summed E-state index contributed by atoms with van der Waals surface area (Å²) in [5.41, 5.74) is 0.448. The molecule has 0 radical (unpaired) electrons. The lowest BCUT2D eigenvalue weighted by Gasteiger charge is -2.08. The number of hydrogen-bond donors (Lipinski definition) is 2. The van der Waals surface area contributed by atoms with Gasteiger partial charge in [-0.2, -0.15) is 0 Å². The third-order valence-corrected chi connectivity index (χ3v) is 5.64. The van der Waals surface area contributed by atoms with Crippen LogP contribution in [-0.4, -0.2) is 39.3 Å². The first-order valence-electron chi connectivity index (χ1n) is 6.79. The highest BCUT2D eigenvalue weighted by atomic mass is 32.2. The Labute approximate surface area is 129 Å². The minimum absolute atomic E-state index is 0.132. The minimum atomic E-state index is -3.80. The van der Waals surface area contributed by atoms with Gasteiger partial charge in [-0.15, -0.1) is 11.3 Å². The van der Waals surface area contributed by atoms with E-state index < -0.39 is 16.0 Å². The van der Waals surface area contributed by atoms with Gasteiger partial charge in [0.15, 0.2) is 0 Å². The largest absolute Gasteiger partial charge is 0.477 e. The van der Waals surface area contributed by atoms with Crippen molar-refractivity contribution in [3.8, 4) is 0 Å². The topological polar surface area (TPSA) is 92.7 Å². The molecule has 0 spiro atoms. The van der Waals surface area contributed by atoms with E-state index in [2.05, 4.69) is 11.6 Å². The normalized spacial score (nSPS) is 11.7. The summed E-state index contributed by atoms with van der Waals surface area (Å²) >= 11 is 0.921. The fourth-order valence-electron chi connectivity index (χ4n) is 1.72.